The zero-order valence-electron chi connectivity index (χ0n) is 20.6. The van der Waals surface area contributed by atoms with Gasteiger partial charge in [-0.3, -0.25) is 14.6 Å². The summed E-state index contributed by atoms with van der Waals surface area (Å²) in [6.07, 6.45) is 6.53. The van der Waals surface area contributed by atoms with Crippen molar-refractivity contribution in [3.05, 3.63) is 59.6 Å². The van der Waals surface area contributed by atoms with Gasteiger partial charge in [0, 0.05) is 31.9 Å². The maximum Gasteiger partial charge on any atom is 0.246 e. The average Bonchev–Trinajstić information content (AvgIpc) is 2.79. The second kappa shape index (κ2) is 12.7. The normalized spacial score (nSPS) is 12.1. The highest BCUT2D eigenvalue weighted by Crippen LogP contribution is 2.17. The molecule has 0 radical (unpaired) electrons. The Balaban J connectivity index is 1.87. The first-order chi connectivity index (χ1) is 15.7. The number of nitrogens with zero attached hydrogens (tertiary/aromatic N) is 4. The number of likely N-dealkylation sites (N-methyl/N-ethyl adjacent to an activating group) is 2. The molecular weight excluding hydrogens is 416 g/mol. The molecule has 0 bridgehead atoms. The quantitative estimate of drug-likeness (QED) is 0.510. The molecule has 0 aliphatic heterocycles. The van der Waals surface area contributed by atoms with Crippen molar-refractivity contribution in [2.45, 2.75) is 39.7 Å². The lowest BCUT2D eigenvalue weighted by Crippen LogP contribution is -2.45. The minimum Gasteiger partial charge on any atom is -0.354 e. The van der Waals surface area contributed by atoms with Gasteiger partial charge < -0.3 is 20.4 Å². The van der Waals surface area contributed by atoms with E-state index >= 15 is 0 Å². The van der Waals surface area contributed by atoms with Crippen LogP contribution in [-0.2, 0) is 22.4 Å². The van der Waals surface area contributed by atoms with E-state index in [0.29, 0.717) is 25.3 Å². The van der Waals surface area contributed by atoms with Crippen molar-refractivity contribution in [1.29, 1.82) is 0 Å². The standard InChI is InChI=1S/C25H36N6O2/c1-7-22-18(2)27-17-23(29-22)28-21-11-8-10-20(16-21)13-14-26-25(33)19(3)31(6)24(32)12-9-15-30(4)5/h8-12,16-17,19H,7,13-15H2,1-6H3,(H,26,33)(H,28,29)/b12-9+/t19-/m0/s1. The van der Waals surface area contributed by atoms with Crippen LogP contribution in [0.5, 0.6) is 0 Å². The predicted octanol–water partition coefficient (Wildman–Crippen LogP) is 2.71. The number of amides is 2. The highest BCUT2D eigenvalue weighted by molar-refractivity contribution is 5.92. The highest BCUT2D eigenvalue weighted by Gasteiger charge is 2.20. The molecule has 1 heterocycles. The summed E-state index contributed by atoms with van der Waals surface area (Å²) >= 11 is 0. The number of carbonyl (C=O) groups excluding carboxylic acids is 2. The second-order valence-corrected chi connectivity index (χ2v) is 8.30. The van der Waals surface area contributed by atoms with Crippen LogP contribution in [0.25, 0.3) is 0 Å². The lowest BCUT2D eigenvalue weighted by molar-refractivity contribution is -0.135. The molecule has 33 heavy (non-hydrogen) atoms. The molecule has 178 valence electrons. The zero-order valence-corrected chi connectivity index (χ0v) is 20.6. The minimum atomic E-state index is -0.553. The lowest BCUT2D eigenvalue weighted by Gasteiger charge is -2.23. The van der Waals surface area contributed by atoms with Crippen LogP contribution in [0.1, 0.15) is 30.8 Å². The molecule has 0 saturated heterocycles. The third-order valence-corrected chi connectivity index (χ3v) is 5.34. The maximum atomic E-state index is 12.5. The molecule has 2 amide bonds. The molecule has 0 unspecified atom stereocenters. The van der Waals surface area contributed by atoms with E-state index in [1.165, 1.54) is 11.0 Å². The third kappa shape index (κ3) is 8.31. The molecule has 0 aliphatic carbocycles. The molecule has 2 N–H and O–H groups in total. The first kappa shape index (κ1) is 26.0. The molecule has 2 rings (SSSR count). The van der Waals surface area contributed by atoms with Gasteiger partial charge in [-0.2, -0.15) is 0 Å². The van der Waals surface area contributed by atoms with E-state index in [1.54, 1.807) is 26.2 Å². The fourth-order valence-corrected chi connectivity index (χ4v) is 3.16. The van der Waals surface area contributed by atoms with Crippen molar-refractivity contribution < 1.29 is 9.59 Å². The number of nitrogens with one attached hydrogen (secondary N) is 2. The summed E-state index contributed by atoms with van der Waals surface area (Å²) in [4.78, 5) is 37.1. The van der Waals surface area contributed by atoms with E-state index in [4.69, 9.17) is 0 Å². The van der Waals surface area contributed by atoms with E-state index in [1.807, 2.05) is 50.2 Å². The molecule has 1 aromatic carbocycles. The number of benzene rings is 1. The summed E-state index contributed by atoms with van der Waals surface area (Å²) in [5, 5.41) is 6.22. The number of hydrogen-bond donors (Lipinski definition) is 2. The van der Waals surface area contributed by atoms with Gasteiger partial charge in [-0.25, -0.2) is 4.98 Å². The van der Waals surface area contributed by atoms with E-state index in [0.717, 1.165) is 29.1 Å². The van der Waals surface area contributed by atoms with Crippen LogP contribution < -0.4 is 10.6 Å². The molecule has 2 aromatic rings. The minimum absolute atomic E-state index is 0.178. The Morgan fingerprint density at radius 1 is 1.21 bits per heavy atom. The number of aromatic nitrogens is 2. The summed E-state index contributed by atoms with van der Waals surface area (Å²) in [5.41, 5.74) is 3.92. The summed E-state index contributed by atoms with van der Waals surface area (Å²) in [6, 6.07) is 7.44. The molecule has 8 heteroatoms. The van der Waals surface area contributed by atoms with E-state index in [9.17, 15) is 9.59 Å². The van der Waals surface area contributed by atoms with Gasteiger partial charge in [0.05, 0.1) is 17.6 Å². The molecule has 1 atom stereocenters. The number of anilines is 2. The van der Waals surface area contributed by atoms with Crippen LogP contribution in [0.3, 0.4) is 0 Å². The summed E-state index contributed by atoms with van der Waals surface area (Å²) in [7, 11) is 5.50. The van der Waals surface area contributed by atoms with Crippen molar-refractivity contribution in [3.8, 4) is 0 Å². The van der Waals surface area contributed by atoms with Crippen LogP contribution in [0, 0.1) is 6.92 Å². The Morgan fingerprint density at radius 2 is 1.97 bits per heavy atom. The molecule has 0 spiro atoms. The molecule has 0 saturated carbocycles. The fraction of sp³-hybridized carbons (Fsp3) is 0.440. The van der Waals surface area contributed by atoms with Gasteiger partial charge in [0.2, 0.25) is 11.8 Å². The van der Waals surface area contributed by atoms with Crippen molar-refractivity contribution in [2.75, 3.05) is 39.5 Å². The van der Waals surface area contributed by atoms with Crippen LogP contribution in [0.4, 0.5) is 11.5 Å². The van der Waals surface area contributed by atoms with Crippen molar-refractivity contribution >= 4 is 23.3 Å². The van der Waals surface area contributed by atoms with Crippen LogP contribution >= 0.6 is 0 Å². The van der Waals surface area contributed by atoms with Crippen LogP contribution in [0.2, 0.25) is 0 Å². The van der Waals surface area contributed by atoms with Gasteiger partial charge >= 0.3 is 0 Å². The first-order valence-corrected chi connectivity index (χ1v) is 11.3. The Bertz CT molecular complexity index is 973. The Morgan fingerprint density at radius 3 is 2.67 bits per heavy atom. The van der Waals surface area contributed by atoms with Gasteiger partial charge in [0.15, 0.2) is 0 Å². The SMILES string of the molecule is CCc1nc(Nc2cccc(CCNC(=O)[C@H](C)N(C)C(=O)/C=C/CN(C)C)c2)cnc1C. The first-order valence-electron chi connectivity index (χ1n) is 11.3. The van der Waals surface area contributed by atoms with E-state index in [-0.39, 0.29) is 11.8 Å². The monoisotopic (exact) mass is 452 g/mol. The fourth-order valence-electron chi connectivity index (χ4n) is 3.16. The van der Waals surface area contributed by atoms with Crippen molar-refractivity contribution in [1.82, 2.24) is 25.1 Å². The summed E-state index contributed by atoms with van der Waals surface area (Å²) in [5.74, 6) is 0.343. The largest absolute Gasteiger partial charge is 0.354 e. The molecular formula is C25H36N6O2. The Labute approximate surface area is 197 Å². The highest BCUT2D eigenvalue weighted by atomic mass is 16.2. The number of hydrogen-bond acceptors (Lipinski definition) is 6. The predicted molar refractivity (Wildman–Crippen MR) is 133 cm³/mol. The van der Waals surface area contributed by atoms with Crippen molar-refractivity contribution in [3.63, 3.8) is 0 Å². The summed E-state index contributed by atoms with van der Waals surface area (Å²) < 4.78 is 0. The summed E-state index contributed by atoms with van der Waals surface area (Å²) in [6.45, 7) is 6.90. The van der Waals surface area contributed by atoms with Gasteiger partial charge in [-0.15, -0.1) is 0 Å². The molecule has 0 fully saturated rings. The van der Waals surface area contributed by atoms with Crippen LogP contribution in [-0.4, -0.2) is 71.9 Å². The average molecular weight is 453 g/mol. The van der Waals surface area contributed by atoms with Gasteiger partial charge in [0.1, 0.15) is 11.9 Å². The lowest BCUT2D eigenvalue weighted by atomic mass is 10.1. The Kier molecular flexibility index (Phi) is 10.00. The van der Waals surface area contributed by atoms with Gasteiger partial charge in [0.25, 0.3) is 0 Å². The van der Waals surface area contributed by atoms with E-state index < -0.39 is 6.04 Å². The molecule has 8 nitrogen and oxygen atoms in total. The smallest absolute Gasteiger partial charge is 0.246 e. The second-order valence-electron chi connectivity index (χ2n) is 8.30. The zero-order chi connectivity index (χ0) is 24.4. The van der Waals surface area contributed by atoms with E-state index in [2.05, 4.69) is 27.5 Å². The van der Waals surface area contributed by atoms with Crippen molar-refractivity contribution in [2.24, 2.45) is 0 Å². The molecule has 0 aliphatic rings. The van der Waals surface area contributed by atoms with Gasteiger partial charge in [-0.1, -0.05) is 25.1 Å². The third-order valence-electron chi connectivity index (χ3n) is 5.34. The molecule has 1 aromatic heterocycles. The number of rotatable bonds is 11. The number of carbonyl (C=O) groups is 2. The van der Waals surface area contributed by atoms with Gasteiger partial charge in [-0.05, 0) is 58.5 Å². The number of aryl methyl sites for hydroxylation is 2. The maximum absolute atomic E-state index is 12.5. The topological polar surface area (TPSA) is 90.5 Å². The Hall–Kier alpha value is -3.26. The van der Waals surface area contributed by atoms with Crippen LogP contribution in [0.15, 0.2) is 42.6 Å².